The Kier molecular flexibility index (Phi) is 2.14. The lowest BCUT2D eigenvalue weighted by Crippen LogP contribution is -2.11. The third kappa shape index (κ3) is 1.57. The van der Waals surface area contributed by atoms with Gasteiger partial charge in [-0.3, -0.25) is 9.89 Å². The Morgan fingerprint density at radius 1 is 1.29 bits per heavy atom. The van der Waals surface area contributed by atoms with E-state index >= 15 is 0 Å². The van der Waals surface area contributed by atoms with E-state index in [9.17, 15) is 13.2 Å². The van der Waals surface area contributed by atoms with Crippen LogP contribution in [0.4, 0.5) is 0 Å². The van der Waals surface area contributed by atoms with Crippen molar-refractivity contribution in [2.75, 3.05) is 11.5 Å². The number of aromatic nitrogens is 2. The summed E-state index contributed by atoms with van der Waals surface area (Å²) in [6.07, 6.45) is 1.48. The molecule has 1 N–H and O–H groups in total. The van der Waals surface area contributed by atoms with E-state index in [1.165, 1.54) is 0 Å². The molecule has 76 valence electrons. The van der Waals surface area contributed by atoms with Gasteiger partial charge in [-0.2, -0.15) is 5.10 Å². The number of sulfone groups is 1. The number of rotatable bonds is 1. The summed E-state index contributed by atoms with van der Waals surface area (Å²) in [6, 6.07) is 0. The molecule has 2 rings (SSSR count). The van der Waals surface area contributed by atoms with E-state index in [0.717, 1.165) is 11.3 Å². The minimum Gasteiger partial charge on any atom is -0.296 e. The van der Waals surface area contributed by atoms with Crippen LogP contribution in [0.25, 0.3) is 0 Å². The fourth-order valence-corrected chi connectivity index (χ4v) is 2.85. The van der Waals surface area contributed by atoms with Crippen molar-refractivity contribution in [2.24, 2.45) is 0 Å². The van der Waals surface area contributed by atoms with E-state index in [1.54, 1.807) is 0 Å². The highest BCUT2D eigenvalue weighted by Crippen LogP contribution is 2.17. The average Bonchev–Trinajstić information content (AvgIpc) is 2.47. The molecule has 0 saturated carbocycles. The molecule has 0 unspecified atom stereocenters. The van der Waals surface area contributed by atoms with Crippen molar-refractivity contribution in [3.8, 4) is 0 Å². The number of H-pyrrole nitrogens is 1. The van der Waals surface area contributed by atoms with Crippen LogP contribution in [0, 0.1) is 0 Å². The van der Waals surface area contributed by atoms with Gasteiger partial charge in [0.15, 0.2) is 16.1 Å². The third-order valence-corrected chi connectivity index (χ3v) is 4.07. The second-order valence-corrected chi connectivity index (χ2v) is 5.64. The molecular weight excluding hydrogens is 204 g/mol. The first kappa shape index (κ1) is 9.39. The van der Waals surface area contributed by atoms with E-state index in [-0.39, 0.29) is 11.5 Å². The number of fused-ring (bicyclic) bond motifs is 1. The van der Waals surface area contributed by atoms with Crippen molar-refractivity contribution in [3.63, 3.8) is 0 Å². The number of hydrogen-bond acceptors (Lipinski definition) is 4. The van der Waals surface area contributed by atoms with E-state index < -0.39 is 9.84 Å². The first-order chi connectivity index (χ1) is 6.62. The van der Waals surface area contributed by atoms with Crippen molar-refractivity contribution in [1.29, 1.82) is 0 Å². The number of hydrogen-bond donors (Lipinski definition) is 1. The average molecular weight is 214 g/mol. The summed E-state index contributed by atoms with van der Waals surface area (Å²) in [5.41, 5.74) is 1.89. The molecule has 1 aromatic rings. The smallest absolute Gasteiger partial charge is 0.170 e. The summed E-state index contributed by atoms with van der Waals surface area (Å²) in [5, 5.41) is 6.53. The normalized spacial score (nSPS) is 19.7. The van der Waals surface area contributed by atoms with Gasteiger partial charge in [0, 0.05) is 17.7 Å². The lowest BCUT2D eigenvalue weighted by Gasteiger charge is -1.95. The highest BCUT2D eigenvalue weighted by Gasteiger charge is 2.22. The van der Waals surface area contributed by atoms with E-state index in [1.807, 2.05) is 0 Å². The van der Waals surface area contributed by atoms with Gasteiger partial charge >= 0.3 is 0 Å². The molecule has 6 heteroatoms. The van der Waals surface area contributed by atoms with Crippen LogP contribution < -0.4 is 0 Å². The first-order valence-corrected chi connectivity index (χ1v) is 6.16. The molecule has 0 radical (unpaired) electrons. The lowest BCUT2D eigenvalue weighted by atomic mass is 10.1. The molecular formula is C8H10N2O3S. The summed E-state index contributed by atoms with van der Waals surface area (Å²) in [5.74, 6) is 0.251. The van der Waals surface area contributed by atoms with Gasteiger partial charge in [-0.15, -0.1) is 0 Å². The fourth-order valence-electron chi connectivity index (χ4n) is 1.62. The Balaban J connectivity index is 2.40. The molecule has 0 atom stereocenters. The predicted molar refractivity (Wildman–Crippen MR) is 50.0 cm³/mol. The standard InChI is InChI=1S/C8H10N2O3S/c11-5-8-6-1-3-14(12,13)4-2-7(6)9-10-8/h5H,1-4H2,(H,9,10). The van der Waals surface area contributed by atoms with Gasteiger partial charge < -0.3 is 0 Å². The quantitative estimate of drug-likeness (QED) is 0.653. The van der Waals surface area contributed by atoms with Gasteiger partial charge in [0.05, 0.1) is 11.5 Å². The van der Waals surface area contributed by atoms with Crippen LogP contribution in [0.15, 0.2) is 0 Å². The monoisotopic (exact) mass is 214 g/mol. The van der Waals surface area contributed by atoms with Crippen LogP contribution in [0.2, 0.25) is 0 Å². The summed E-state index contributed by atoms with van der Waals surface area (Å²) in [4.78, 5) is 10.6. The van der Waals surface area contributed by atoms with Crippen molar-refractivity contribution in [2.45, 2.75) is 12.8 Å². The predicted octanol–water partition coefficient (Wildman–Crippen LogP) is -0.264. The second kappa shape index (κ2) is 3.20. The van der Waals surface area contributed by atoms with Gasteiger partial charge in [-0.1, -0.05) is 0 Å². The number of aldehydes is 1. The van der Waals surface area contributed by atoms with Crippen LogP contribution in [0.1, 0.15) is 21.7 Å². The van der Waals surface area contributed by atoms with Crippen LogP contribution in [-0.4, -0.2) is 36.4 Å². The Morgan fingerprint density at radius 3 is 2.71 bits per heavy atom. The zero-order valence-corrected chi connectivity index (χ0v) is 8.30. The molecule has 0 amide bonds. The molecule has 2 heterocycles. The summed E-state index contributed by atoms with van der Waals surface area (Å²) in [7, 11) is -2.95. The molecule has 1 aliphatic heterocycles. The molecule has 1 aliphatic rings. The molecule has 0 spiro atoms. The minimum atomic E-state index is -2.95. The molecule has 0 fully saturated rings. The minimum absolute atomic E-state index is 0.111. The zero-order valence-electron chi connectivity index (χ0n) is 7.49. The summed E-state index contributed by atoms with van der Waals surface area (Å²) < 4.78 is 22.6. The maximum atomic E-state index is 11.3. The number of carbonyl (C=O) groups excluding carboxylic acids is 1. The summed E-state index contributed by atoms with van der Waals surface area (Å²) >= 11 is 0. The summed E-state index contributed by atoms with van der Waals surface area (Å²) in [6.45, 7) is 0. The largest absolute Gasteiger partial charge is 0.296 e. The van der Waals surface area contributed by atoms with Gasteiger partial charge in [0.1, 0.15) is 5.69 Å². The molecule has 0 bridgehead atoms. The van der Waals surface area contributed by atoms with Crippen LogP contribution >= 0.6 is 0 Å². The third-order valence-electron chi connectivity index (χ3n) is 2.42. The highest BCUT2D eigenvalue weighted by atomic mass is 32.2. The SMILES string of the molecule is O=Cc1n[nH]c2c1CCS(=O)(=O)CC2. The van der Waals surface area contributed by atoms with Crippen molar-refractivity contribution in [3.05, 3.63) is 17.0 Å². The van der Waals surface area contributed by atoms with Crippen LogP contribution in [0.5, 0.6) is 0 Å². The van der Waals surface area contributed by atoms with E-state index in [4.69, 9.17) is 0 Å². The molecule has 1 aromatic heterocycles. The Hall–Kier alpha value is -1.17. The van der Waals surface area contributed by atoms with Gasteiger partial charge in [-0.25, -0.2) is 8.42 Å². The molecule has 0 aliphatic carbocycles. The Labute approximate surface area is 81.4 Å². The Bertz CT molecular complexity index is 461. The number of carbonyl (C=O) groups is 1. The highest BCUT2D eigenvalue weighted by molar-refractivity contribution is 7.91. The number of nitrogens with one attached hydrogen (secondary N) is 1. The van der Waals surface area contributed by atoms with Gasteiger partial charge in [0.2, 0.25) is 0 Å². The van der Waals surface area contributed by atoms with Crippen LogP contribution in [0.3, 0.4) is 0 Å². The maximum absolute atomic E-state index is 11.3. The van der Waals surface area contributed by atoms with Gasteiger partial charge in [-0.05, 0) is 6.42 Å². The molecule has 0 saturated heterocycles. The lowest BCUT2D eigenvalue weighted by molar-refractivity contribution is 0.111. The van der Waals surface area contributed by atoms with Crippen molar-refractivity contribution >= 4 is 16.1 Å². The molecule has 14 heavy (non-hydrogen) atoms. The fraction of sp³-hybridized carbons (Fsp3) is 0.500. The first-order valence-electron chi connectivity index (χ1n) is 4.34. The van der Waals surface area contributed by atoms with Crippen molar-refractivity contribution < 1.29 is 13.2 Å². The number of nitrogens with zero attached hydrogens (tertiary/aromatic N) is 1. The maximum Gasteiger partial charge on any atom is 0.170 e. The van der Waals surface area contributed by atoms with Crippen LogP contribution in [-0.2, 0) is 22.7 Å². The van der Waals surface area contributed by atoms with E-state index in [0.29, 0.717) is 24.8 Å². The topological polar surface area (TPSA) is 79.9 Å². The zero-order chi connectivity index (χ0) is 10.2. The van der Waals surface area contributed by atoms with Gasteiger partial charge in [0.25, 0.3) is 0 Å². The van der Waals surface area contributed by atoms with E-state index in [2.05, 4.69) is 10.2 Å². The number of aryl methyl sites for hydroxylation is 1. The number of aromatic amines is 1. The van der Waals surface area contributed by atoms with Crippen molar-refractivity contribution in [1.82, 2.24) is 10.2 Å². The second-order valence-electron chi connectivity index (χ2n) is 3.34. The molecule has 0 aromatic carbocycles. The Morgan fingerprint density at radius 2 is 2.00 bits per heavy atom. The molecule has 5 nitrogen and oxygen atoms in total.